The van der Waals surface area contributed by atoms with Crippen molar-refractivity contribution in [3.8, 4) is 5.88 Å². The SMILES string of the molecule is COc1cc(N2CCC[C@@H](c3nnc(CN4CCCCC4)n3C)C2)ncn1. The van der Waals surface area contributed by atoms with Crippen molar-refractivity contribution in [2.24, 2.45) is 7.05 Å². The molecule has 2 saturated heterocycles. The minimum absolute atomic E-state index is 0.368. The Morgan fingerprint density at radius 3 is 2.74 bits per heavy atom. The summed E-state index contributed by atoms with van der Waals surface area (Å²) >= 11 is 0. The summed E-state index contributed by atoms with van der Waals surface area (Å²) in [6, 6.07) is 1.90. The summed E-state index contributed by atoms with van der Waals surface area (Å²) in [5, 5.41) is 9.09. The molecule has 8 nitrogen and oxygen atoms in total. The highest BCUT2D eigenvalue weighted by Gasteiger charge is 2.27. The zero-order chi connectivity index (χ0) is 18.6. The van der Waals surface area contributed by atoms with E-state index >= 15 is 0 Å². The summed E-state index contributed by atoms with van der Waals surface area (Å²) in [6.45, 7) is 5.15. The highest BCUT2D eigenvalue weighted by molar-refractivity contribution is 5.41. The van der Waals surface area contributed by atoms with E-state index in [-0.39, 0.29) is 0 Å². The van der Waals surface area contributed by atoms with Crippen LogP contribution in [-0.4, -0.2) is 62.9 Å². The van der Waals surface area contributed by atoms with Crippen LogP contribution in [0.1, 0.15) is 49.7 Å². The summed E-state index contributed by atoms with van der Waals surface area (Å²) < 4.78 is 7.45. The number of anilines is 1. The van der Waals surface area contributed by atoms with Crippen molar-refractivity contribution in [2.45, 2.75) is 44.6 Å². The Morgan fingerprint density at radius 1 is 1.07 bits per heavy atom. The topological polar surface area (TPSA) is 72.2 Å². The van der Waals surface area contributed by atoms with Crippen molar-refractivity contribution in [3.05, 3.63) is 24.0 Å². The van der Waals surface area contributed by atoms with E-state index in [9.17, 15) is 0 Å². The van der Waals surface area contributed by atoms with Crippen molar-refractivity contribution in [3.63, 3.8) is 0 Å². The van der Waals surface area contributed by atoms with Crippen molar-refractivity contribution in [1.82, 2.24) is 29.6 Å². The number of likely N-dealkylation sites (tertiary alicyclic amines) is 1. The molecule has 0 aromatic carbocycles. The zero-order valence-corrected chi connectivity index (χ0v) is 16.3. The second-order valence-electron chi connectivity index (χ2n) is 7.57. The van der Waals surface area contributed by atoms with Crippen LogP contribution < -0.4 is 9.64 Å². The van der Waals surface area contributed by atoms with Gasteiger partial charge in [-0.1, -0.05) is 6.42 Å². The number of aromatic nitrogens is 5. The van der Waals surface area contributed by atoms with Crippen LogP contribution in [0.15, 0.2) is 12.4 Å². The molecule has 27 heavy (non-hydrogen) atoms. The maximum absolute atomic E-state index is 5.24. The average molecular weight is 371 g/mol. The fraction of sp³-hybridized carbons (Fsp3) is 0.684. The lowest BCUT2D eigenvalue weighted by Crippen LogP contribution is -2.36. The molecule has 0 bridgehead atoms. The van der Waals surface area contributed by atoms with Gasteiger partial charge in [0.25, 0.3) is 0 Å². The Bertz CT molecular complexity index is 756. The minimum atomic E-state index is 0.368. The predicted molar refractivity (Wildman–Crippen MR) is 103 cm³/mol. The van der Waals surface area contributed by atoms with E-state index in [1.807, 2.05) is 6.07 Å². The number of nitrogens with zero attached hydrogens (tertiary/aromatic N) is 7. The zero-order valence-electron chi connectivity index (χ0n) is 16.3. The molecule has 2 aromatic rings. The van der Waals surface area contributed by atoms with Crippen molar-refractivity contribution in [1.29, 1.82) is 0 Å². The van der Waals surface area contributed by atoms with Crippen LogP contribution in [0.2, 0.25) is 0 Å². The van der Waals surface area contributed by atoms with Crippen LogP contribution in [0.25, 0.3) is 0 Å². The number of hydrogen-bond donors (Lipinski definition) is 0. The Morgan fingerprint density at radius 2 is 1.93 bits per heavy atom. The largest absolute Gasteiger partial charge is 0.481 e. The first-order valence-electron chi connectivity index (χ1n) is 9.96. The van der Waals surface area contributed by atoms with Gasteiger partial charge in [-0.15, -0.1) is 10.2 Å². The first-order chi connectivity index (χ1) is 13.2. The first-order valence-corrected chi connectivity index (χ1v) is 9.96. The molecule has 2 aliphatic heterocycles. The van der Waals surface area contributed by atoms with Gasteiger partial charge in [0.1, 0.15) is 23.8 Å². The van der Waals surface area contributed by atoms with E-state index in [0.29, 0.717) is 11.8 Å². The van der Waals surface area contributed by atoms with Crippen LogP contribution in [0.3, 0.4) is 0 Å². The Kier molecular flexibility index (Phi) is 5.52. The van der Waals surface area contributed by atoms with Gasteiger partial charge >= 0.3 is 0 Å². The number of rotatable bonds is 5. The van der Waals surface area contributed by atoms with Crippen LogP contribution in [0.5, 0.6) is 5.88 Å². The highest BCUT2D eigenvalue weighted by atomic mass is 16.5. The van der Waals surface area contributed by atoms with Gasteiger partial charge in [0.15, 0.2) is 0 Å². The molecule has 2 fully saturated rings. The lowest BCUT2D eigenvalue weighted by atomic mass is 9.97. The van der Waals surface area contributed by atoms with Gasteiger partial charge in [-0.05, 0) is 38.8 Å². The first kappa shape index (κ1) is 18.2. The average Bonchev–Trinajstić information content (AvgIpc) is 3.09. The number of hydrogen-bond acceptors (Lipinski definition) is 7. The van der Waals surface area contributed by atoms with Crippen molar-refractivity contribution in [2.75, 3.05) is 38.2 Å². The van der Waals surface area contributed by atoms with Crippen LogP contribution in [-0.2, 0) is 13.6 Å². The number of ether oxygens (including phenoxy) is 1. The quantitative estimate of drug-likeness (QED) is 0.796. The Hall–Kier alpha value is -2.22. The molecule has 0 aliphatic carbocycles. The van der Waals surface area contributed by atoms with Gasteiger partial charge in [-0.3, -0.25) is 4.90 Å². The van der Waals surface area contributed by atoms with Crippen LogP contribution >= 0.6 is 0 Å². The molecule has 146 valence electrons. The van der Waals surface area contributed by atoms with E-state index in [1.54, 1.807) is 13.4 Å². The fourth-order valence-electron chi connectivity index (χ4n) is 4.20. The number of piperidine rings is 2. The minimum Gasteiger partial charge on any atom is -0.481 e. The van der Waals surface area contributed by atoms with Gasteiger partial charge in [-0.25, -0.2) is 9.97 Å². The molecule has 0 saturated carbocycles. The second kappa shape index (κ2) is 8.21. The molecular weight excluding hydrogens is 342 g/mol. The molecule has 2 aromatic heterocycles. The van der Waals surface area contributed by atoms with Gasteiger partial charge < -0.3 is 14.2 Å². The monoisotopic (exact) mass is 371 g/mol. The predicted octanol–water partition coefficient (Wildman–Crippen LogP) is 1.98. The van der Waals surface area contributed by atoms with E-state index in [2.05, 4.69) is 41.6 Å². The summed E-state index contributed by atoms with van der Waals surface area (Å²) in [6.07, 6.45) is 7.76. The molecule has 8 heteroatoms. The van der Waals surface area contributed by atoms with Gasteiger partial charge in [0.2, 0.25) is 5.88 Å². The molecule has 0 unspecified atom stereocenters. The molecule has 4 rings (SSSR count). The molecule has 4 heterocycles. The third-order valence-electron chi connectivity index (χ3n) is 5.76. The molecule has 2 aliphatic rings. The second-order valence-corrected chi connectivity index (χ2v) is 7.57. The summed E-state index contributed by atoms with van der Waals surface area (Å²) in [7, 11) is 3.75. The molecular formula is C19H29N7O. The lowest BCUT2D eigenvalue weighted by molar-refractivity contribution is 0.213. The summed E-state index contributed by atoms with van der Waals surface area (Å²) in [5.41, 5.74) is 0. The summed E-state index contributed by atoms with van der Waals surface area (Å²) in [5.74, 6) is 4.06. The van der Waals surface area contributed by atoms with Crippen molar-refractivity contribution < 1.29 is 4.74 Å². The van der Waals surface area contributed by atoms with Gasteiger partial charge in [0, 0.05) is 32.1 Å². The van der Waals surface area contributed by atoms with E-state index in [4.69, 9.17) is 4.74 Å². The standard InChI is InChI=1S/C19H29N7O/c1-24-17(13-25-8-4-3-5-9-25)22-23-19(24)15-7-6-10-26(12-15)16-11-18(27-2)21-14-20-16/h11,14-15H,3-10,12-13H2,1-2H3/t15-/m1/s1. The maximum atomic E-state index is 5.24. The van der Waals surface area contributed by atoms with E-state index in [0.717, 1.165) is 49.9 Å². The third kappa shape index (κ3) is 4.05. The smallest absolute Gasteiger partial charge is 0.218 e. The lowest BCUT2D eigenvalue weighted by Gasteiger charge is -2.33. The molecule has 0 amide bonds. The molecule has 0 radical (unpaired) electrons. The summed E-state index contributed by atoms with van der Waals surface area (Å²) in [4.78, 5) is 13.3. The fourth-order valence-corrected chi connectivity index (χ4v) is 4.20. The highest BCUT2D eigenvalue weighted by Crippen LogP contribution is 2.29. The number of methoxy groups -OCH3 is 1. The van der Waals surface area contributed by atoms with Crippen molar-refractivity contribution >= 4 is 5.82 Å². The third-order valence-corrected chi connectivity index (χ3v) is 5.76. The van der Waals surface area contributed by atoms with Gasteiger partial charge in [0.05, 0.1) is 13.7 Å². The van der Waals surface area contributed by atoms with E-state index in [1.165, 1.54) is 32.4 Å². The van der Waals surface area contributed by atoms with Crippen LogP contribution in [0, 0.1) is 0 Å². The van der Waals surface area contributed by atoms with Crippen LogP contribution in [0.4, 0.5) is 5.82 Å². The maximum Gasteiger partial charge on any atom is 0.218 e. The molecule has 0 N–H and O–H groups in total. The normalized spacial score (nSPS) is 21.4. The Labute approximate surface area is 160 Å². The molecule has 1 atom stereocenters. The Balaban J connectivity index is 1.46. The van der Waals surface area contributed by atoms with Gasteiger partial charge in [-0.2, -0.15) is 0 Å². The molecule has 0 spiro atoms. The van der Waals surface area contributed by atoms with E-state index < -0.39 is 0 Å².